The third-order valence-corrected chi connectivity index (χ3v) is 8.59. The summed E-state index contributed by atoms with van der Waals surface area (Å²) in [4.78, 5) is 35.2. The molecule has 0 radical (unpaired) electrons. The number of hydrogen-bond acceptors (Lipinski definition) is 6. The number of hydrogen-bond donors (Lipinski definition) is 2. The molecule has 1 saturated heterocycles. The first kappa shape index (κ1) is 27.7. The van der Waals surface area contributed by atoms with Crippen LogP contribution >= 0.6 is 0 Å². The molecule has 1 aromatic carbocycles. The van der Waals surface area contributed by atoms with Gasteiger partial charge in [0.05, 0.1) is 24.6 Å². The molecule has 0 spiro atoms. The van der Waals surface area contributed by atoms with Crippen molar-refractivity contribution < 1.29 is 14.3 Å². The van der Waals surface area contributed by atoms with Crippen LogP contribution in [0.3, 0.4) is 0 Å². The van der Waals surface area contributed by atoms with Gasteiger partial charge in [-0.3, -0.25) is 19.6 Å². The van der Waals surface area contributed by atoms with E-state index in [-0.39, 0.29) is 11.8 Å². The Morgan fingerprint density at radius 2 is 2.12 bits per heavy atom. The van der Waals surface area contributed by atoms with E-state index in [1.165, 1.54) is 11.1 Å². The van der Waals surface area contributed by atoms with Gasteiger partial charge in [0.15, 0.2) is 0 Å². The number of rotatable bonds is 9. The van der Waals surface area contributed by atoms with Crippen molar-refractivity contribution in [3.63, 3.8) is 0 Å². The van der Waals surface area contributed by atoms with Gasteiger partial charge in [0.1, 0.15) is 5.69 Å². The lowest BCUT2D eigenvalue weighted by molar-refractivity contribution is -0.132. The normalized spacial score (nSPS) is 20.5. The lowest BCUT2D eigenvalue weighted by Crippen LogP contribution is -2.44. The van der Waals surface area contributed by atoms with Crippen molar-refractivity contribution in [1.29, 1.82) is 0 Å². The molecule has 9 nitrogen and oxygen atoms in total. The first-order chi connectivity index (χ1) is 20.5. The topological polar surface area (TPSA) is 103 Å². The van der Waals surface area contributed by atoms with E-state index in [9.17, 15) is 9.59 Å². The van der Waals surface area contributed by atoms with E-state index in [1.807, 2.05) is 41.3 Å². The van der Waals surface area contributed by atoms with Gasteiger partial charge in [0.2, 0.25) is 17.7 Å². The molecule has 216 valence electrons. The molecular formula is C33H36N6O3. The van der Waals surface area contributed by atoms with Crippen molar-refractivity contribution in [2.24, 2.45) is 5.41 Å². The second-order valence-corrected chi connectivity index (χ2v) is 11.3. The summed E-state index contributed by atoms with van der Waals surface area (Å²) in [7, 11) is 1.58. The van der Waals surface area contributed by atoms with Crippen molar-refractivity contribution in [1.82, 2.24) is 25.0 Å². The molecule has 1 atom stereocenters. The maximum Gasteiger partial charge on any atom is 0.237 e. The Balaban J connectivity index is 1.12. The van der Waals surface area contributed by atoms with Crippen LogP contribution < -0.4 is 10.1 Å². The Morgan fingerprint density at radius 1 is 1.21 bits per heavy atom. The van der Waals surface area contributed by atoms with Crippen molar-refractivity contribution >= 4 is 28.4 Å². The average molecular weight is 565 g/mol. The van der Waals surface area contributed by atoms with Gasteiger partial charge < -0.3 is 15.0 Å². The Kier molecular flexibility index (Phi) is 7.75. The zero-order valence-corrected chi connectivity index (χ0v) is 23.9. The highest BCUT2D eigenvalue weighted by molar-refractivity contribution is 6.00. The van der Waals surface area contributed by atoms with Gasteiger partial charge in [-0.15, -0.1) is 6.58 Å². The van der Waals surface area contributed by atoms with Gasteiger partial charge in [-0.25, -0.2) is 4.98 Å². The molecule has 0 bridgehead atoms. The molecule has 2 amide bonds. The van der Waals surface area contributed by atoms with Crippen LogP contribution in [-0.2, 0) is 9.59 Å². The molecule has 3 aliphatic rings. The summed E-state index contributed by atoms with van der Waals surface area (Å²) >= 11 is 0. The van der Waals surface area contributed by atoms with Crippen LogP contribution in [0, 0.1) is 5.41 Å². The fourth-order valence-electron chi connectivity index (χ4n) is 6.22. The van der Waals surface area contributed by atoms with E-state index in [0.717, 1.165) is 41.5 Å². The molecule has 1 aliphatic carbocycles. The number of aromatic amines is 1. The summed E-state index contributed by atoms with van der Waals surface area (Å²) in [6.07, 6.45) is 15.2. The Hall–Kier alpha value is -4.50. The number of anilines is 1. The third kappa shape index (κ3) is 5.52. The number of methoxy groups -OCH3 is 1. The molecule has 1 unspecified atom stereocenters. The molecule has 3 aromatic rings. The number of aromatic nitrogens is 3. The number of nitrogens with zero attached hydrogens (tertiary/aromatic N) is 4. The first-order valence-corrected chi connectivity index (χ1v) is 14.4. The fraction of sp³-hybridized carbons (Fsp3) is 0.333. The second kappa shape index (κ2) is 11.8. The van der Waals surface area contributed by atoms with Crippen LogP contribution in [-0.4, -0.2) is 76.6 Å². The molecule has 6 rings (SSSR count). The fourth-order valence-corrected chi connectivity index (χ4v) is 6.22. The van der Waals surface area contributed by atoms with Gasteiger partial charge in [-0.2, -0.15) is 5.10 Å². The Bertz CT molecular complexity index is 1620. The molecule has 4 heterocycles. The minimum Gasteiger partial charge on any atom is -0.481 e. The van der Waals surface area contributed by atoms with Crippen molar-refractivity contribution in [3.8, 4) is 17.1 Å². The average Bonchev–Trinajstić information content (AvgIpc) is 3.78. The summed E-state index contributed by atoms with van der Waals surface area (Å²) in [6.45, 7) is 6.83. The van der Waals surface area contributed by atoms with Crippen LogP contribution in [0.15, 0.2) is 84.6 Å². The number of carbonyl (C=O) groups is 2. The van der Waals surface area contributed by atoms with Gasteiger partial charge in [-0.05, 0) is 67.6 Å². The summed E-state index contributed by atoms with van der Waals surface area (Å²) < 4.78 is 5.27. The van der Waals surface area contributed by atoms with Crippen LogP contribution in [0.4, 0.5) is 5.69 Å². The number of carbonyl (C=O) groups excluding carboxylic acids is 2. The molecular weight excluding hydrogens is 528 g/mol. The van der Waals surface area contributed by atoms with Crippen LogP contribution in [0.2, 0.25) is 0 Å². The van der Waals surface area contributed by atoms with E-state index in [4.69, 9.17) is 4.74 Å². The van der Waals surface area contributed by atoms with Gasteiger partial charge in [0.25, 0.3) is 0 Å². The van der Waals surface area contributed by atoms with Gasteiger partial charge in [0, 0.05) is 48.5 Å². The molecule has 2 aliphatic heterocycles. The van der Waals surface area contributed by atoms with Crippen molar-refractivity contribution in [2.45, 2.75) is 25.7 Å². The number of ether oxygens (including phenoxy) is 1. The summed E-state index contributed by atoms with van der Waals surface area (Å²) in [5.41, 5.74) is 5.24. The highest BCUT2D eigenvalue weighted by atomic mass is 16.5. The van der Waals surface area contributed by atoms with Crippen LogP contribution in [0.25, 0.3) is 22.2 Å². The van der Waals surface area contributed by atoms with Gasteiger partial charge in [-0.1, -0.05) is 30.4 Å². The zero-order chi connectivity index (χ0) is 29.1. The summed E-state index contributed by atoms with van der Waals surface area (Å²) in [5, 5.41) is 11.6. The van der Waals surface area contributed by atoms with E-state index >= 15 is 0 Å². The van der Waals surface area contributed by atoms with Crippen LogP contribution in [0.1, 0.15) is 25.7 Å². The molecule has 0 saturated carbocycles. The molecule has 1 fully saturated rings. The second-order valence-electron chi connectivity index (χ2n) is 11.3. The number of amides is 2. The van der Waals surface area contributed by atoms with E-state index < -0.39 is 5.41 Å². The van der Waals surface area contributed by atoms with E-state index in [1.54, 1.807) is 13.3 Å². The standard InChI is InChI=1S/C33H36N6O3/c1-3-13-33(14-18-38(22-33)21-30(40)39-16-11-24(12-17-39)23-6-4-5-7-23)32(41)35-26-8-9-28-27(20-26)31(37-36-28)25-10-15-34-29(19-25)42-2/h3-6,8-11,15,19-20H,1,7,12-14,16-18,21-22H2,2H3,(H,35,41)(H,36,37). The highest BCUT2D eigenvalue weighted by Gasteiger charge is 2.44. The molecule has 2 N–H and O–H groups in total. The first-order valence-electron chi connectivity index (χ1n) is 14.4. The molecule has 2 aromatic heterocycles. The number of benzene rings is 1. The smallest absolute Gasteiger partial charge is 0.237 e. The summed E-state index contributed by atoms with van der Waals surface area (Å²) in [6, 6.07) is 9.44. The number of fused-ring (bicyclic) bond motifs is 1. The predicted octanol–water partition coefficient (Wildman–Crippen LogP) is 4.89. The zero-order valence-electron chi connectivity index (χ0n) is 23.9. The van der Waals surface area contributed by atoms with E-state index in [2.05, 4.69) is 56.3 Å². The maximum atomic E-state index is 13.8. The van der Waals surface area contributed by atoms with Crippen LogP contribution in [0.5, 0.6) is 5.88 Å². The third-order valence-electron chi connectivity index (χ3n) is 8.59. The Morgan fingerprint density at radius 3 is 2.88 bits per heavy atom. The number of likely N-dealkylation sites (tertiary alicyclic amines) is 1. The SMILES string of the molecule is C=CCC1(C(=O)Nc2ccc3[nH]nc(-c4ccnc(OC)c4)c3c2)CCN(CC(=O)N2CC=C(C3=CC=CC3)CC2)C1. The highest BCUT2D eigenvalue weighted by Crippen LogP contribution is 2.37. The molecule has 9 heteroatoms. The van der Waals surface area contributed by atoms with Crippen molar-refractivity contribution in [2.75, 3.05) is 45.2 Å². The minimum absolute atomic E-state index is 0.0590. The number of allylic oxidation sites excluding steroid dienone is 5. The summed E-state index contributed by atoms with van der Waals surface area (Å²) in [5.74, 6) is 0.560. The molecule has 42 heavy (non-hydrogen) atoms. The number of pyridine rings is 1. The van der Waals surface area contributed by atoms with E-state index in [0.29, 0.717) is 50.6 Å². The predicted molar refractivity (Wildman–Crippen MR) is 164 cm³/mol. The largest absolute Gasteiger partial charge is 0.481 e. The number of H-pyrrole nitrogens is 1. The lowest BCUT2D eigenvalue weighted by atomic mass is 9.82. The van der Waals surface area contributed by atoms with Crippen molar-refractivity contribution in [3.05, 3.63) is 84.6 Å². The number of nitrogens with one attached hydrogen (secondary N) is 2. The van der Waals surface area contributed by atoms with Gasteiger partial charge >= 0.3 is 0 Å². The lowest BCUT2D eigenvalue weighted by Gasteiger charge is -2.30. The Labute approximate surface area is 245 Å². The minimum atomic E-state index is -0.647. The monoisotopic (exact) mass is 564 g/mol. The quantitative estimate of drug-likeness (QED) is 0.359. The maximum absolute atomic E-state index is 13.8.